The molecule has 0 bridgehead atoms. The van der Waals surface area contributed by atoms with E-state index in [-0.39, 0.29) is 11.0 Å². The molecular formula is C13H22N2O3S. The lowest BCUT2D eigenvalue weighted by Gasteiger charge is -2.16. The van der Waals surface area contributed by atoms with Crippen molar-refractivity contribution in [1.82, 2.24) is 4.72 Å². The molecule has 0 aliphatic heterocycles. The third-order valence-electron chi connectivity index (χ3n) is 2.54. The zero-order valence-corrected chi connectivity index (χ0v) is 12.5. The summed E-state index contributed by atoms with van der Waals surface area (Å²) in [5.41, 5.74) is 0.593. The summed E-state index contributed by atoms with van der Waals surface area (Å²) in [6.45, 7) is 7.20. The van der Waals surface area contributed by atoms with Crippen molar-refractivity contribution < 1.29 is 13.2 Å². The minimum Gasteiger partial charge on any atom is -0.381 e. The van der Waals surface area contributed by atoms with Crippen LogP contribution >= 0.6 is 0 Å². The largest absolute Gasteiger partial charge is 0.381 e. The predicted molar refractivity (Wildman–Crippen MR) is 76.9 cm³/mol. The maximum absolute atomic E-state index is 12.0. The SMILES string of the molecule is CCNS(=O)(=O)c1ccccc1NCC(C)OCC. The molecule has 108 valence electrons. The molecule has 0 radical (unpaired) electrons. The van der Waals surface area contributed by atoms with Gasteiger partial charge in [0, 0.05) is 19.7 Å². The Morgan fingerprint density at radius 2 is 1.95 bits per heavy atom. The molecule has 1 rings (SSSR count). The Morgan fingerprint density at radius 1 is 1.26 bits per heavy atom. The van der Waals surface area contributed by atoms with E-state index in [0.717, 1.165) is 0 Å². The van der Waals surface area contributed by atoms with Gasteiger partial charge in [0.2, 0.25) is 10.0 Å². The highest BCUT2D eigenvalue weighted by molar-refractivity contribution is 7.89. The van der Waals surface area contributed by atoms with Gasteiger partial charge in [0.25, 0.3) is 0 Å². The van der Waals surface area contributed by atoms with E-state index in [2.05, 4.69) is 10.0 Å². The Balaban J connectivity index is 2.85. The Labute approximate surface area is 115 Å². The van der Waals surface area contributed by atoms with E-state index in [9.17, 15) is 8.42 Å². The Bertz CT molecular complexity index is 488. The Kier molecular flexibility index (Phi) is 6.27. The molecule has 5 nitrogen and oxygen atoms in total. The molecule has 0 spiro atoms. The van der Waals surface area contributed by atoms with E-state index in [1.54, 1.807) is 31.2 Å². The summed E-state index contributed by atoms with van der Waals surface area (Å²) in [5, 5.41) is 3.12. The Morgan fingerprint density at radius 3 is 2.58 bits per heavy atom. The highest BCUT2D eigenvalue weighted by Crippen LogP contribution is 2.20. The fourth-order valence-corrected chi connectivity index (χ4v) is 2.93. The molecule has 0 saturated heterocycles. The molecule has 0 saturated carbocycles. The summed E-state index contributed by atoms with van der Waals surface area (Å²) < 4.78 is 32.0. The standard InChI is InChI=1S/C13H22N2O3S/c1-4-15-19(16,17)13-9-7-6-8-12(13)14-10-11(3)18-5-2/h6-9,11,14-15H,4-5,10H2,1-3H3. The van der Waals surface area contributed by atoms with E-state index in [1.165, 1.54) is 0 Å². The first-order valence-corrected chi connectivity index (χ1v) is 7.93. The molecule has 0 amide bonds. The first kappa shape index (κ1) is 15.9. The molecule has 0 heterocycles. The van der Waals surface area contributed by atoms with Crippen LogP contribution < -0.4 is 10.0 Å². The van der Waals surface area contributed by atoms with Crippen molar-refractivity contribution in [2.75, 3.05) is 25.0 Å². The molecule has 1 unspecified atom stereocenters. The molecule has 1 aromatic rings. The molecule has 0 aliphatic carbocycles. The lowest BCUT2D eigenvalue weighted by molar-refractivity contribution is 0.0855. The third kappa shape index (κ3) is 4.81. The maximum atomic E-state index is 12.0. The summed E-state index contributed by atoms with van der Waals surface area (Å²) in [4.78, 5) is 0.264. The second kappa shape index (κ2) is 7.47. The van der Waals surface area contributed by atoms with Crippen LogP contribution in [0.15, 0.2) is 29.2 Å². The van der Waals surface area contributed by atoms with Gasteiger partial charge in [0.1, 0.15) is 4.90 Å². The number of hydrogen-bond donors (Lipinski definition) is 2. The number of anilines is 1. The summed E-state index contributed by atoms with van der Waals surface area (Å²) in [7, 11) is -3.45. The van der Waals surface area contributed by atoms with Crippen LogP contribution in [0.5, 0.6) is 0 Å². The number of rotatable bonds is 8. The summed E-state index contributed by atoms with van der Waals surface area (Å²) in [6.07, 6.45) is 0.0277. The first-order chi connectivity index (χ1) is 9.01. The van der Waals surface area contributed by atoms with Gasteiger partial charge in [-0.25, -0.2) is 13.1 Å². The second-order valence-electron chi connectivity index (χ2n) is 4.14. The van der Waals surface area contributed by atoms with Crippen LogP contribution in [0.25, 0.3) is 0 Å². The van der Waals surface area contributed by atoms with Crippen molar-refractivity contribution in [3.05, 3.63) is 24.3 Å². The average molecular weight is 286 g/mol. The minimum absolute atomic E-state index is 0.0277. The third-order valence-corrected chi connectivity index (χ3v) is 4.15. The minimum atomic E-state index is -3.45. The molecular weight excluding hydrogens is 264 g/mol. The van der Waals surface area contributed by atoms with Gasteiger partial charge in [-0.3, -0.25) is 0 Å². The van der Waals surface area contributed by atoms with E-state index in [4.69, 9.17) is 4.74 Å². The monoisotopic (exact) mass is 286 g/mol. The second-order valence-corrected chi connectivity index (χ2v) is 5.88. The zero-order chi connectivity index (χ0) is 14.3. The highest BCUT2D eigenvalue weighted by atomic mass is 32.2. The summed E-state index contributed by atoms with van der Waals surface area (Å²) in [6, 6.07) is 6.86. The van der Waals surface area contributed by atoms with Crippen molar-refractivity contribution in [2.24, 2.45) is 0 Å². The van der Waals surface area contributed by atoms with Gasteiger partial charge in [-0.15, -0.1) is 0 Å². The van der Waals surface area contributed by atoms with Crippen molar-refractivity contribution in [1.29, 1.82) is 0 Å². The lowest BCUT2D eigenvalue weighted by atomic mass is 10.3. The molecule has 2 N–H and O–H groups in total. The van der Waals surface area contributed by atoms with Gasteiger partial charge in [-0.2, -0.15) is 0 Å². The molecule has 0 fully saturated rings. The van der Waals surface area contributed by atoms with Crippen LogP contribution in [0.1, 0.15) is 20.8 Å². The van der Waals surface area contributed by atoms with Gasteiger partial charge < -0.3 is 10.1 Å². The number of sulfonamides is 1. The van der Waals surface area contributed by atoms with E-state index < -0.39 is 10.0 Å². The van der Waals surface area contributed by atoms with Crippen LogP contribution in [0.4, 0.5) is 5.69 Å². The summed E-state index contributed by atoms with van der Waals surface area (Å²) in [5.74, 6) is 0. The van der Waals surface area contributed by atoms with Gasteiger partial charge >= 0.3 is 0 Å². The number of ether oxygens (including phenoxy) is 1. The highest BCUT2D eigenvalue weighted by Gasteiger charge is 2.17. The fraction of sp³-hybridized carbons (Fsp3) is 0.538. The first-order valence-electron chi connectivity index (χ1n) is 6.45. The fourth-order valence-electron chi connectivity index (χ4n) is 1.71. The van der Waals surface area contributed by atoms with Crippen molar-refractivity contribution in [3.8, 4) is 0 Å². The zero-order valence-electron chi connectivity index (χ0n) is 11.6. The van der Waals surface area contributed by atoms with Gasteiger partial charge in [-0.05, 0) is 26.0 Å². The van der Waals surface area contributed by atoms with E-state index in [1.807, 2.05) is 13.8 Å². The maximum Gasteiger partial charge on any atom is 0.242 e. The van der Waals surface area contributed by atoms with Gasteiger partial charge in [0.15, 0.2) is 0 Å². The molecule has 1 atom stereocenters. The predicted octanol–water partition coefficient (Wildman–Crippen LogP) is 1.82. The molecule has 0 aromatic heterocycles. The molecule has 1 aromatic carbocycles. The quantitative estimate of drug-likeness (QED) is 0.765. The Hall–Kier alpha value is -1.11. The lowest BCUT2D eigenvalue weighted by Crippen LogP contribution is -2.25. The van der Waals surface area contributed by atoms with Crippen molar-refractivity contribution in [2.45, 2.75) is 31.8 Å². The van der Waals surface area contributed by atoms with Crippen LogP contribution in [-0.2, 0) is 14.8 Å². The smallest absolute Gasteiger partial charge is 0.242 e. The van der Waals surface area contributed by atoms with Gasteiger partial charge in [0.05, 0.1) is 11.8 Å². The summed E-state index contributed by atoms with van der Waals surface area (Å²) >= 11 is 0. The van der Waals surface area contributed by atoms with E-state index >= 15 is 0 Å². The molecule has 6 heteroatoms. The average Bonchev–Trinajstić information content (AvgIpc) is 2.37. The number of para-hydroxylation sites is 1. The van der Waals surface area contributed by atoms with Crippen molar-refractivity contribution in [3.63, 3.8) is 0 Å². The number of hydrogen-bond acceptors (Lipinski definition) is 4. The van der Waals surface area contributed by atoms with Crippen LogP contribution in [-0.4, -0.2) is 34.2 Å². The van der Waals surface area contributed by atoms with E-state index in [0.29, 0.717) is 25.4 Å². The van der Waals surface area contributed by atoms with Gasteiger partial charge in [-0.1, -0.05) is 19.1 Å². The van der Waals surface area contributed by atoms with Crippen LogP contribution in [0.2, 0.25) is 0 Å². The number of nitrogens with one attached hydrogen (secondary N) is 2. The normalized spacial score (nSPS) is 13.2. The van der Waals surface area contributed by atoms with Crippen molar-refractivity contribution >= 4 is 15.7 Å². The number of benzene rings is 1. The van der Waals surface area contributed by atoms with Crippen LogP contribution in [0.3, 0.4) is 0 Å². The molecule has 19 heavy (non-hydrogen) atoms. The topological polar surface area (TPSA) is 67.4 Å². The van der Waals surface area contributed by atoms with Crippen LogP contribution in [0, 0.1) is 0 Å². The molecule has 0 aliphatic rings.